The molecule has 1 aliphatic heterocycles. The van der Waals surface area contributed by atoms with Crippen LogP contribution in [0, 0.1) is 11.8 Å². The monoisotopic (exact) mass is 338 g/mol. The molecule has 25 heavy (non-hydrogen) atoms. The van der Waals surface area contributed by atoms with Crippen molar-refractivity contribution in [2.24, 2.45) is 11.8 Å². The highest BCUT2D eigenvalue weighted by Gasteiger charge is 2.56. The van der Waals surface area contributed by atoms with Gasteiger partial charge in [-0.2, -0.15) is 0 Å². The molecule has 5 heteroatoms. The molecule has 1 saturated heterocycles. The number of aliphatic hydroxyl groups is 1. The Balaban J connectivity index is 1.37. The lowest BCUT2D eigenvalue weighted by molar-refractivity contribution is -0.116. The molecule has 2 aromatic rings. The van der Waals surface area contributed by atoms with Crippen LogP contribution in [0.2, 0.25) is 0 Å². The van der Waals surface area contributed by atoms with Crippen LogP contribution in [0.4, 0.5) is 0 Å². The van der Waals surface area contributed by atoms with E-state index in [0.717, 1.165) is 25.1 Å². The second-order valence-electron chi connectivity index (χ2n) is 7.36. The molecule has 2 heterocycles. The molecule has 5 nitrogen and oxygen atoms in total. The fourth-order valence-corrected chi connectivity index (χ4v) is 4.34. The number of hydrogen-bond acceptors (Lipinski definition) is 5. The maximum atomic E-state index is 12.3. The first-order chi connectivity index (χ1) is 12.0. The number of aromatic nitrogens is 1. The lowest BCUT2D eigenvalue weighted by atomic mass is 9.61. The summed E-state index contributed by atoms with van der Waals surface area (Å²) in [5, 5.41) is 20.2. The maximum absolute atomic E-state index is 12.3. The van der Waals surface area contributed by atoms with E-state index in [0.29, 0.717) is 24.6 Å². The topological polar surface area (TPSA) is 73.7 Å². The van der Waals surface area contributed by atoms with Crippen LogP contribution in [-0.4, -0.2) is 51.1 Å². The van der Waals surface area contributed by atoms with Gasteiger partial charge >= 0.3 is 0 Å². The first-order valence-corrected chi connectivity index (χ1v) is 8.70. The van der Waals surface area contributed by atoms with Gasteiger partial charge in [0, 0.05) is 25.4 Å². The molecule has 1 aliphatic carbocycles. The maximum Gasteiger partial charge on any atom is 0.195 e. The van der Waals surface area contributed by atoms with Crippen LogP contribution in [-0.2, 0) is 6.42 Å². The minimum absolute atomic E-state index is 0.0482. The Bertz CT molecular complexity index is 762. The highest BCUT2D eigenvalue weighted by atomic mass is 16.3. The van der Waals surface area contributed by atoms with E-state index in [-0.39, 0.29) is 17.5 Å². The predicted molar refractivity (Wildman–Crippen MR) is 93.4 cm³/mol. The molecule has 0 bridgehead atoms. The number of nitrogens with zero attached hydrogens (tertiary/aromatic N) is 2. The number of carbonyl (C=O) groups excluding carboxylic acids is 1. The summed E-state index contributed by atoms with van der Waals surface area (Å²) in [4.78, 5) is 18.5. The van der Waals surface area contributed by atoms with Crippen LogP contribution in [0.5, 0.6) is 5.75 Å². The van der Waals surface area contributed by atoms with Gasteiger partial charge in [-0.3, -0.25) is 9.69 Å². The van der Waals surface area contributed by atoms with E-state index in [9.17, 15) is 15.0 Å². The third-order valence-corrected chi connectivity index (χ3v) is 5.58. The van der Waals surface area contributed by atoms with Crippen molar-refractivity contribution < 1.29 is 15.0 Å². The molecular formula is C20H22N2O3. The molecule has 1 saturated carbocycles. The normalized spacial score (nSPS) is 28.4. The van der Waals surface area contributed by atoms with Gasteiger partial charge in [0.2, 0.25) is 0 Å². The summed E-state index contributed by atoms with van der Waals surface area (Å²) in [6.45, 7) is 1.91. The van der Waals surface area contributed by atoms with E-state index in [2.05, 4.69) is 22.0 Å². The van der Waals surface area contributed by atoms with Gasteiger partial charge in [0.15, 0.2) is 5.78 Å². The van der Waals surface area contributed by atoms with Crippen LogP contribution in [0.1, 0.15) is 22.5 Å². The van der Waals surface area contributed by atoms with Crippen molar-refractivity contribution in [3.8, 4) is 5.75 Å². The third-order valence-electron chi connectivity index (χ3n) is 5.58. The van der Waals surface area contributed by atoms with E-state index in [4.69, 9.17) is 0 Å². The number of Topliss-reactive ketones (excluding diaryl/α,β-unsaturated/α-hetero) is 1. The van der Waals surface area contributed by atoms with E-state index >= 15 is 0 Å². The summed E-state index contributed by atoms with van der Waals surface area (Å²) in [6, 6.07) is 13.1. The molecule has 0 radical (unpaired) electrons. The number of carbonyl (C=O) groups is 1. The van der Waals surface area contributed by atoms with Gasteiger partial charge in [-0.1, -0.05) is 30.3 Å². The summed E-state index contributed by atoms with van der Waals surface area (Å²) in [7, 11) is 0. The number of benzene rings is 1. The number of rotatable bonds is 5. The van der Waals surface area contributed by atoms with Crippen LogP contribution in [0.25, 0.3) is 0 Å². The summed E-state index contributed by atoms with van der Waals surface area (Å²) >= 11 is 0. The van der Waals surface area contributed by atoms with E-state index in [1.54, 1.807) is 6.07 Å². The first kappa shape index (κ1) is 16.2. The van der Waals surface area contributed by atoms with Crippen molar-refractivity contribution in [1.29, 1.82) is 0 Å². The largest absolute Gasteiger partial charge is 0.506 e. The molecule has 130 valence electrons. The van der Waals surface area contributed by atoms with Crippen LogP contribution >= 0.6 is 0 Å². The number of aromatic hydroxyl groups is 1. The molecule has 0 spiro atoms. The minimum Gasteiger partial charge on any atom is -0.506 e. The van der Waals surface area contributed by atoms with Crippen LogP contribution in [0.15, 0.2) is 48.7 Å². The van der Waals surface area contributed by atoms with E-state index in [1.165, 1.54) is 12.3 Å². The smallest absolute Gasteiger partial charge is 0.195 e. The van der Waals surface area contributed by atoms with Crippen molar-refractivity contribution in [3.05, 3.63) is 59.9 Å². The number of ketones is 1. The Morgan fingerprint density at radius 1 is 1.20 bits per heavy atom. The SMILES string of the molecule is O=C(CN1C[C@H]2C[C@](O)(Cc3ccccc3)[C@H]2C1)c1ccc(O)cn1. The Morgan fingerprint density at radius 3 is 2.72 bits per heavy atom. The van der Waals surface area contributed by atoms with Crippen LogP contribution in [0.3, 0.4) is 0 Å². The highest BCUT2D eigenvalue weighted by Crippen LogP contribution is 2.50. The second kappa shape index (κ2) is 6.24. The van der Waals surface area contributed by atoms with Crippen molar-refractivity contribution in [2.75, 3.05) is 19.6 Å². The van der Waals surface area contributed by atoms with Gasteiger partial charge in [0.1, 0.15) is 11.4 Å². The Kier molecular flexibility index (Phi) is 4.06. The number of likely N-dealkylation sites (tertiary alicyclic amines) is 1. The first-order valence-electron chi connectivity index (χ1n) is 8.70. The molecule has 1 aromatic carbocycles. The van der Waals surface area contributed by atoms with Gasteiger partial charge in [-0.15, -0.1) is 0 Å². The highest BCUT2D eigenvalue weighted by molar-refractivity contribution is 5.95. The van der Waals surface area contributed by atoms with Crippen molar-refractivity contribution in [2.45, 2.75) is 18.4 Å². The molecule has 1 aromatic heterocycles. The Morgan fingerprint density at radius 2 is 2.00 bits per heavy atom. The lowest BCUT2D eigenvalue weighted by Gasteiger charge is -2.48. The summed E-state index contributed by atoms with van der Waals surface area (Å²) < 4.78 is 0. The molecule has 0 amide bonds. The zero-order valence-corrected chi connectivity index (χ0v) is 14.0. The van der Waals surface area contributed by atoms with E-state index in [1.807, 2.05) is 18.2 Å². The molecule has 2 N–H and O–H groups in total. The summed E-state index contributed by atoms with van der Waals surface area (Å²) in [6.07, 6.45) is 2.77. The summed E-state index contributed by atoms with van der Waals surface area (Å²) in [5.41, 5.74) is 0.878. The molecule has 3 atom stereocenters. The molecule has 2 fully saturated rings. The summed E-state index contributed by atoms with van der Waals surface area (Å²) in [5.74, 6) is 0.706. The van der Waals surface area contributed by atoms with Crippen molar-refractivity contribution in [3.63, 3.8) is 0 Å². The average Bonchev–Trinajstić information content (AvgIpc) is 2.94. The second-order valence-corrected chi connectivity index (χ2v) is 7.36. The lowest BCUT2D eigenvalue weighted by Crippen LogP contribution is -2.55. The van der Waals surface area contributed by atoms with Crippen molar-refractivity contribution in [1.82, 2.24) is 9.88 Å². The zero-order chi connectivity index (χ0) is 17.4. The fraction of sp³-hybridized carbons (Fsp3) is 0.400. The van der Waals surface area contributed by atoms with Gasteiger partial charge in [0.05, 0.1) is 18.3 Å². The minimum atomic E-state index is -0.652. The van der Waals surface area contributed by atoms with Gasteiger partial charge in [-0.25, -0.2) is 4.98 Å². The molecule has 2 aliphatic rings. The fourth-order valence-electron chi connectivity index (χ4n) is 4.34. The van der Waals surface area contributed by atoms with Crippen molar-refractivity contribution >= 4 is 5.78 Å². The quantitative estimate of drug-likeness (QED) is 0.815. The van der Waals surface area contributed by atoms with Gasteiger partial charge < -0.3 is 10.2 Å². The molecule has 0 unspecified atom stereocenters. The Hall–Kier alpha value is -2.24. The number of pyridine rings is 1. The van der Waals surface area contributed by atoms with Gasteiger partial charge in [-0.05, 0) is 30.0 Å². The average molecular weight is 338 g/mol. The Labute approximate surface area is 146 Å². The third kappa shape index (κ3) is 3.17. The van der Waals surface area contributed by atoms with Gasteiger partial charge in [0.25, 0.3) is 0 Å². The number of hydrogen-bond donors (Lipinski definition) is 2. The molecule has 4 rings (SSSR count). The zero-order valence-electron chi connectivity index (χ0n) is 14.0. The molecular weight excluding hydrogens is 316 g/mol. The van der Waals surface area contributed by atoms with E-state index < -0.39 is 5.60 Å². The number of fused-ring (bicyclic) bond motifs is 1. The van der Waals surface area contributed by atoms with Crippen LogP contribution < -0.4 is 0 Å². The predicted octanol–water partition coefficient (Wildman–Crippen LogP) is 1.90. The standard InChI is InChI=1S/C20H22N2O3/c23-16-6-7-18(21-10-16)19(24)13-22-11-15-9-20(25,17(15)12-22)8-14-4-2-1-3-5-14/h1-7,10,15,17,23,25H,8-9,11-13H2/t15-,17+,20-/m1/s1.